The molecule has 0 saturated carbocycles. The van der Waals surface area contributed by atoms with Crippen molar-refractivity contribution in [2.24, 2.45) is 0 Å². The van der Waals surface area contributed by atoms with E-state index >= 15 is 0 Å². The van der Waals surface area contributed by atoms with E-state index < -0.39 is 11.7 Å². The molecule has 2 rings (SSSR count). The second-order valence-corrected chi connectivity index (χ2v) is 5.12. The Morgan fingerprint density at radius 3 is 2.81 bits per heavy atom. The van der Waals surface area contributed by atoms with Gasteiger partial charge in [0, 0.05) is 23.4 Å². The molecule has 0 aliphatic rings. The molecule has 0 saturated heterocycles. The monoisotopic (exact) mass is 347 g/mol. The average Bonchev–Trinajstić information content (AvgIpc) is 2.49. The van der Waals surface area contributed by atoms with E-state index in [0.29, 0.717) is 10.0 Å². The quantitative estimate of drug-likeness (QED) is 0.849. The van der Waals surface area contributed by atoms with Crippen molar-refractivity contribution in [1.82, 2.24) is 4.98 Å². The molecule has 0 unspecified atom stereocenters. The fraction of sp³-hybridized carbons (Fsp3) is 0.133. The van der Waals surface area contributed by atoms with Gasteiger partial charge in [0.1, 0.15) is 5.82 Å². The molecule has 21 heavy (non-hydrogen) atoms. The summed E-state index contributed by atoms with van der Waals surface area (Å²) in [6.45, 7) is 0.114. The molecule has 0 N–H and O–H groups in total. The first-order chi connectivity index (χ1) is 10.1. The van der Waals surface area contributed by atoms with Gasteiger partial charge in [-0.1, -0.05) is 12.1 Å². The van der Waals surface area contributed by atoms with E-state index in [0.717, 1.165) is 0 Å². The fourth-order valence-corrected chi connectivity index (χ4v) is 2.21. The van der Waals surface area contributed by atoms with Crippen LogP contribution in [0.5, 0.6) is 0 Å². The first kappa shape index (κ1) is 15.1. The van der Waals surface area contributed by atoms with Gasteiger partial charge in [-0.05, 0) is 34.1 Å². The van der Waals surface area contributed by atoms with E-state index in [1.165, 1.54) is 23.2 Å². The highest BCUT2D eigenvalue weighted by atomic mass is 79.9. The number of para-hydroxylation sites is 1. The molecule has 0 atom stereocenters. The van der Waals surface area contributed by atoms with E-state index in [-0.39, 0.29) is 18.7 Å². The highest BCUT2D eigenvalue weighted by Gasteiger charge is 2.20. The molecule has 0 aliphatic carbocycles. The highest BCUT2D eigenvalue weighted by molar-refractivity contribution is 9.10. The Balaban J connectivity index is 2.39. The molecule has 0 spiro atoms. The van der Waals surface area contributed by atoms with Crippen molar-refractivity contribution >= 4 is 27.5 Å². The van der Waals surface area contributed by atoms with Gasteiger partial charge in [-0.3, -0.25) is 9.78 Å². The standard InChI is InChI=1S/C15H11BrFN3O/c16-12-8-11(9-19-10-12)15(21)20(7-3-6-18)14-5-2-1-4-13(14)17/h1-2,4-5,8-10H,3,7H2. The highest BCUT2D eigenvalue weighted by Crippen LogP contribution is 2.22. The first-order valence-corrected chi connectivity index (χ1v) is 6.96. The Kier molecular flexibility index (Phi) is 5.01. The molecule has 0 bridgehead atoms. The zero-order valence-corrected chi connectivity index (χ0v) is 12.5. The molecule has 0 fully saturated rings. The van der Waals surface area contributed by atoms with Crippen LogP contribution in [0.3, 0.4) is 0 Å². The minimum absolute atomic E-state index is 0.113. The van der Waals surface area contributed by atoms with Crippen LogP contribution in [0.4, 0.5) is 10.1 Å². The normalized spacial score (nSPS) is 9.95. The summed E-state index contributed by atoms with van der Waals surface area (Å²) >= 11 is 3.24. The van der Waals surface area contributed by atoms with Crippen LogP contribution in [-0.4, -0.2) is 17.4 Å². The van der Waals surface area contributed by atoms with Crippen LogP contribution in [0.2, 0.25) is 0 Å². The topological polar surface area (TPSA) is 57.0 Å². The number of carbonyl (C=O) groups excluding carboxylic acids is 1. The summed E-state index contributed by atoms with van der Waals surface area (Å²) in [4.78, 5) is 17.7. The predicted octanol–water partition coefficient (Wildman–Crippen LogP) is 3.54. The van der Waals surface area contributed by atoms with E-state index in [1.54, 1.807) is 24.4 Å². The van der Waals surface area contributed by atoms with Crippen molar-refractivity contribution in [3.05, 3.63) is 58.6 Å². The number of anilines is 1. The van der Waals surface area contributed by atoms with Crippen molar-refractivity contribution in [2.75, 3.05) is 11.4 Å². The Labute approximate surface area is 130 Å². The predicted molar refractivity (Wildman–Crippen MR) is 80.2 cm³/mol. The summed E-state index contributed by atoms with van der Waals surface area (Å²) in [5, 5.41) is 8.73. The molecule has 1 aromatic carbocycles. The van der Waals surface area contributed by atoms with Crippen molar-refractivity contribution in [2.45, 2.75) is 6.42 Å². The summed E-state index contributed by atoms with van der Waals surface area (Å²) in [6, 6.07) is 9.55. The zero-order valence-electron chi connectivity index (χ0n) is 11.0. The van der Waals surface area contributed by atoms with Gasteiger partial charge >= 0.3 is 0 Å². The molecular formula is C15H11BrFN3O. The number of nitriles is 1. The lowest BCUT2D eigenvalue weighted by Crippen LogP contribution is -2.32. The lowest BCUT2D eigenvalue weighted by molar-refractivity contribution is 0.0986. The Hall–Kier alpha value is -2.26. The van der Waals surface area contributed by atoms with Gasteiger partial charge in [-0.25, -0.2) is 4.39 Å². The third kappa shape index (κ3) is 3.64. The van der Waals surface area contributed by atoms with Gasteiger partial charge < -0.3 is 4.90 Å². The number of nitrogens with zero attached hydrogens (tertiary/aromatic N) is 3. The number of rotatable bonds is 4. The summed E-state index contributed by atoms with van der Waals surface area (Å²) in [7, 11) is 0. The number of carbonyl (C=O) groups is 1. The van der Waals surface area contributed by atoms with Crippen LogP contribution in [0.15, 0.2) is 47.2 Å². The maximum absolute atomic E-state index is 13.9. The third-order valence-corrected chi connectivity index (χ3v) is 3.22. The number of amides is 1. The first-order valence-electron chi connectivity index (χ1n) is 6.17. The lowest BCUT2D eigenvalue weighted by atomic mass is 10.2. The Morgan fingerprint density at radius 1 is 1.38 bits per heavy atom. The number of hydrogen-bond donors (Lipinski definition) is 0. The fourth-order valence-electron chi connectivity index (χ4n) is 1.85. The molecule has 106 valence electrons. The van der Waals surface area contributed by atoms with Crippen molar-refractivity contribution in [3.63, 3.8) is 0 Å². The van der Waals surface area contributed by atoms with Crippen LogP contribution in [-0.2, 0) is 0 Å². The molecule has 0 aliphatic heterocycles. The molecule has 1 aromatic heterocycles. The van der Waals surface area contributed by atoms with Gasteiger partial charge in [0.2, 0.25) is 0 Å². The molecule has 1 amide bonds. The molecule has 6 heteroatoms. The minimum atomic E-state index is -0.508. The number of aromatic nitrogens is 1. The van der Waals surface area contributed by atoms with Gasteiger partial charge in [0.25, 0.3) is 5.91 Å². The van der Waals surface area contributed by atoms with Crippen molar-refractivity contribution in [1.29, 1.82) is 5.26 Å². The van der Waals surface area contributed by atoms with E-state index in [1.807, 2.05) is 6.07 Å². The lowest BCUT2D eigenvalue weighted by Gasteiger charge is -2.22. The van der Waals surface area contributed by atoms with E-state index in [9.17, 15) is 9.18 Å². The second kappa shape index (κ2) is 6.95. The van der Waals surface area contributed by atoms with Crippen LogP contribution in [0, 0.1) is 17.1 Å². The number of halogens is 2. The maximum Gasteiger partial charge on any atom is 0.259 e. The third-order valence-electron chi connectivity index (χ3n) is 2.79. The van der Waals surface area contributed by atoms with Crippen LogP contribution >= 0.6 is 15.9 Å². The summed E-state index contributed by atoms with van der Waals surface area (Å²) < 4.78 is 14.6. The zero-order chi connectivity index (χ0) is 15.2. The molecule has 1 heterocycles. The SMILES string of the molecule is N#CCCN(C(=O)c1cncc(Br)c1)c1ccccc1F. The van der Waals surface area contributed by atoms with Crippen molar-refractivity contribution in [3.8, 4) is 6.07 Å². The van der Waals surface area contributed by atoms with Gasteiger partial charge in [0.15, 0.2) is 0 Å². The number of hydrogen-bond acceptors (Lipinski definition) is 3. The summed E-state index contributed by atoms with van der Waals surface area (Å²) in [5.74, 6) is -0.907. The summed E-state index contributed by atoms with van der Waals surface area (Å²) in [6.07, 6.45) is 3.08. The average molecular weight is 348 g/mol. The molecular weight excluding hydrogens is 337 g/mol. The largest absolute Gasteiger partial charge is 0.304 e. The van der Waals surface area contributed by atoms with E-state index in [2.05, 4.69) is 20.9 Å². The van der Waals surface area contributed by atoms with E-state index in [4.69, 9.17) is 5.26 Å². The smallest absolute Gasteiger partial charge is 0.259 e. The Morgan fingerprint density at radius 2 is 2.14 bits per heavy atom. The number of pyridine rings is 1. The molecule has 0 radical (unpaired) electrons. The van der Waals surface area contributed by atoms with Crippen LogP contribution in [0.1, 0.15) is 16.8 Å². The minimum Gasteiger partial charge on any atom is -0.304 e. The van der Waals surface area contributed by atoms with Crippen molar-refractivity contribution < 1.29 is 9.18 Å². The Bertz CT molecular complexity index is 699. The summed E-state index contributed by atoms with van der Waals surface area (Å²) in [5.41, 5.74) is 0.475. The number of benzene rings is 1. The van der Waals surface area contributed by atoms with Gasteiger partial charge in [-0.2, -0.15) is 5.26 Å². The molecule has 4 nitrogen and oxygen atoms in total. The second-order valence-electron chi connectivity index (χ2n) is 4.21. The molecule has 2 aromatic rings. The van der Waals surface area contributed by atoms with Gasteiger partial charge in [0.05, 0.1) is 23.7 Å². The van der Waals surface area contributed by atoms with Gasteiger partial charge in [-0.15, -0.1) is 0 Å². The van der Waals surface area contributed by atoms with Crippen LogP contribution < -0.4 is 4.90 Å². The van der Waals surface area contributed by atoms with Crippen LogP contribution in [0.25, 0.3) is 0 Å². The maximum atomic E-state index is 13.9.